The van der Waals surface area contributed by atoms with E-state index in [0.717, 1.165) is 36.5 Å². The molecule has 0 aliphatic carbocycles. The number of hydrogen-bond donors (Lipinski definition) is 1. The molecule has 7 heteroatoms. The lowest BCUT2D eigenvalue weighted by Gasteiger charge is -2.20. The van der Waals surface area contributed by atoms with Crippen LogP contribution in [0.1, 0.15) is 28.2 Å². The summed E-state index contributed by atoms with van der Waals surface area (Å²) >= 11 is 0. The quantitative estimate of drug-likeness (QED) is 0.724. The maximum absolute atomic E-state index is 13.0. The summed E-state index contributed by atoms with van der Waals surface area (Å²) in [5.41, 5.74) is 2.98. The fourth-order valence-electron chi connectivity index (χ4n) is 4.31. The zero-order chi connectivity index (χ0) is 20.3. The van der Waals surface area contributed by atoms with E-state index in [0.29, 0.717) is 37.8 Å². The molecule has 3 aromatic rings. The van der Waals surface area contributed by atoms with E-state index in [1.165, 1.54) is 12.0 Å². The topological polar surface area (TPSA) is 75.9 Å². The lowest BCUT2D eigenvalue weighted by molar-refractivity contribution is 0.0758. The molecule has 1 N–H and O–H groups in total. The Hall–Kier alpha value is -3.06. The summed E-state index contributed by atoms with van der Waals surface area (Å²) in [7, 11) is 0. The second-order valence-electron chi connectivity index (χ2n) is 8.12. The molecule has 30 heavy (non-hydrogen) atoms. The summed E-state index contributed by atoms with van der Waals surface area (Å²) in [6.07, 6.45) is 6.53. The zero-order valence-electron chi connectivity index (χ0n) is 17.0. The van der Waals surface area contributed by atoms with Crippen molar-refractivity contribution in [3.8, 4) is 11.4 Å². The van der Waals surface area contributed by atoms with E-state index in [-0.39, 0.29) is 5.91 Å². The summed E-state index contributed by atoms with van der Waals surface area (Å²) in [6, 6.07) is 12.0. The lowest BCUT2D eigenvalue weighted by atomic mass is 9.98. The second kappa shape index (κ2) is 8.36. The minimum Gasteiger partial charge on any atom is -0.336 e. The molecule has 7 nitrogen and oxygen atoms in total. The molecule has 1 amide bonds. The van der Waals surface area contributed by atoms with Crippen molar-refractivity contribution in [3.63, 3.8) is 0 Å². The number of aromatic nitrogens is 4. The van der Waals surface area contributed by atoms with Crippen LogP contribution in [0.25, 0.3) is 11.4 Å². The van der Waals surface area contributed by atoms with Gasteiger partial charge in [-0.05, 0) is 61.7 Å². The van der Waals surface area contributed by atoms with Crippen molar-refractivity contribution in [1.29, 1.82) is 0 Å². The lowest BCUT2D eigenvalue weighted by Crippen LogP contribution is -2.33. The van der Waals surface area contributed by atoms with Crippen molar-refractivity contribution < 1.29 is 4.79 Å². The number of amides is 1. The van der Waals surface area contributed by atoms with E-state index < -0.39 is 0 Å². The molecular weight excluding hydrogens is 376 g/mol. The maximum atomic E-state index is 13.0. The average molecular weight is 403 g/mol. The summed E-state index contributed by atoms with van der Waals surface area (Å²) in [5, 5.41) is 8.04. The van der Waals surface area contributed by atoms with E-state index in [2.05, 4.69) is 32.5 Å². The van der Waals surface area contributed by atoms with Crippen molar-refractivity contribution in [3.05, 3.63) is 65.7 Å². The van der Waals surface area contributed by atoms with Gasteiger partial charge >= 0.3 is 0 Å². The molecule has 0 spiro atoms. The van der Waals surface area contributed by atoms with Gasteiger partial charge in [0.05, 0.1) is 6.54 Å². The molecule has 0 bridgehead atoms. The molecule has 2 aliphatic heterocycles. The molecule has 0 saturated carbocycles. The average Bonchev–Trinajstić information content (AvgIpc) is 3.41. The molecule has 5 rings (SSSR count). The van der Waals surface area contributed by atoms with Crippen LogP contribution in [-0.2, 0) is 19.4 Å². The Morgan fingerprint density at radius 3 is 2.80 bits per heavy atom. The van der Waals surface area contributed by atoms with Gasteiger partial charge in [0.1, 0.15) is 5.82 Å². The number of fused-ring (bicyclic) bond motifs is 1. The number of rotatable bonds is 4. The summed E-state index contributed by atoms with van der Waals surface area (Å²) in [5.74, 6) is 2.42. The molecule has 1 fully saturated rings. The van der Waals surface area contributed by atoms with Crippen LogP contribution in [0.5, 0.6) is 0 Å². The fourth-order valence-corrected chi connectivity index (χ4v) is 4.31. The number of hydrogen-bond acceptors (Lipinski definition) is 5. The van der Waals surface area contributed by atoms with Crippen molar-refractivity contribution in [2.75, 3.05) is 26.2 Å². The Morgan fingerprint density at radius 1 is 1.13 bits per heavy atom. The number of pyridine rings is 1. The Bertz CT molecular complexity index is 982. The van der Waals surface area contributed by atoms with Gasteiger partial charge in [-0.2, -0.15) is 5.10 Å². The number of benzene rings is 1. The van der Waals surface area contributed by atoms with Crippen LogP contribution >= 0.6 is 0 Å². The highest BCUT2D eigenvalue weighted by Gasteiger charge is 2.22. The van der Waals surface area contributed by atoms with Crippen LogP contribution in [0.15, 0.2) is 48.8 Å². The third-order valence-electron chi connectivity index (χ3n) is 6.03. The summed E-state index contributed by atoms with van der Waals surface area (Å²) in [4.78, 5) is 23.8. The van der Waals surface area contributed by atoms with Crippen LogP contribution in [0.4, 0.5) is 0 Å². The van der Waals surface area contributed by atoms with E-state index in [1.54, 1.807) is 12.4 Å². The Balaban J connectivity index is 1.23. The molecule has 2 aliphatic rings. The maximum Gasteiger partial charge on any atom is 0.253 e. The Labute approximate surface area is 176 Å². The monoisotopic (exact) mass is 402 g/mol. The van der Waals surface area contributed by atoms with Crippen molar-refractivity contribution in [2.24, 2.45) is 5.92 Å². The van der Waals surface area contributed by atoms with Gasteiger partial charge in [-0.3, -0.25) is 9.78 Å². The van der Waals surface area contributed by atoms with E-state index >= 15 is 0 Å². The predicted molar refractivity (Wildman–Crippen MR) is 114 cm³/mol. The molecule has 2 aromatic heterocycles. The Morgan fingerprint density at radius 2 is 2.03 bits per heavy atom. The van der Waals surface area contributed by atoms with Crippen LogP contribution in [0.3, 0.4) is 0 Å². The summed E-state index contributed by atoms with van der Waals surface area (Å²) in [6.45, 7) is 4.16. The highest BCUT2D eigenvalue weighted by Crippen LogP contribution is 2.19. The van der Waals surface area contributed by atoms with Gasteiger partial charge in [0.25, 0.3) is 5.91 Å². The minimum absolute atomic E-state index is 0.0855. The normalized spacial score (nSPS) is 18.8. The highest BCUT2D eigenvalue weighted by molar-refractivity contribution is 5.94. The van der Waals surface area contributed by atoms with Gasteiger partial charge in [-0.15, -0.1) is 0 Å². The number of carbonyl (C=O) groups is 1. The van der Waals surface area contributed by atoms with Crippen LogP contribution in [-0.4, -0.2) is 56.7 Å². The van der Waals surface area contributed by atoms with E-state index in [4.69, 9.17) is 0 Å². The molecule has 0 radical (unpaired) electrons. The van der Waals surface area contributed by atoms with Crippen LogP contribution in [0, 0.1) is 5.92 Å². The Kier molecular flexibility index (Phi) is 5.27. The molecule has 1 aromatic carbocycles. The first kappa shape index (κ1) is 18.9. The third kappa shape index (κ3) is 3.98. The molecular formula is C23H26N6O. The van der Waals surface area contributed by atoms with Gasteiger partial charge in [-0.1, -0.05) is 12.1 Å². The minimum atomic E-state index is 0.0855. The largest absolute Gasteiger partial charge is 0.336 e. The first-order valence-corrected chi connectivity index (χ1v) is 10.7. The molecule has 154 valence electrons. The summed E-state index contributed by atoms with van der Waals surface area (Å²) < 4.78 is 1.92. The number of nitrogens with one attached hydrogen (secondary N) is 1. The van der Waals surface area contributed by atoms with Gasteiger partial charge in [-0.25, -0.2) is 9.67 Å². The molecule has 1 saturated heterocycles. The smallest absolute Gasteiger partial charge is 0.253 e. The van der Waals surface area contributed by atoms with Crippen LogP contribution < -0.4 is 5.32 Å². The van der Waals surface area contributed by atoms with E-state index in [9.17, 15) is 4.79 Å². The van der Waals surface area contributed by atoms with Crippen LogP contribution in [0.2, 0.25) is 0 Å². The van der Waals surface area contributed by atoms with Gasteiger partial charge in [0.15, 0.2) is 5.82 Å². The first-order valence-electron chi connectivity index (χ1n) is 10.7. The molecule has 4 heterocycles. The molecule has 1 unspecified atom stereocenters. The third-order valence-corrected chi connectivity index (χ3v) is 6.03. The van der Waals surface area contributed by atoms with Crippen molar-refractivity contribution in [1.82, 2.24) is 30.0 Å². The predicted octanol–water partition coefficient (Wildman–Crippen LogP) is 2.19. The fraction of sp³-hybridized carbons (Fsp3) is 0.391. The molecule has 1 atom stereocenters. The second-order valence-corrected chi connectivity index (χ2v) is 8.12. The van der Waals surface area contributed by atoms with Crippen molar-refractivity contribution >= 4 is 5.91 Å². The standard InChI is InChI=1S/C23H26N6O/c30-23(19-5-3-17(4-6-19)14-18-7-10-25-15-18)28-11-8-21-26-22(27-29(21)13-12-28)20-2-1-9-24-16-20/h1-6,9,16,18,25H,7-8,10-15H2. The van der Waals surface area contributed by atoms with E-state index in [1.807, 2.05) is 33.8 Å². The zero-order valence-corrected chi connectivity index (χ0v) is 17.0. The number of nitrogens with zero attached hydrogens (tertiary/aromatic N) is 5. The van der Waals surface area contributed by atoms with Gasteiger partial charge in [0, 0.05) is 43.0 Å². The highest BCUT2D eigenvalue weighted by atomic mass is 16.2. The van der Waals surface area contributed by atoms with Gasteiger partial charge < -0.3 is 10.2 Å². The SMILES string of the molecule is O=C(c1ccc(CC2CCNC2)cc1)N1CCc2nc(-c3cccnc3)nn2CC1. The van der Waals surface area contributed by atoms with Gasteiger partial charge in [0.2, 0.25) is 0 Å². The number of carbonyl (C=O) groups excluding carboxylic acids is 1. The van der Waals surface area contributed by atoms with Crippen molar-refractivity contribution in [2.45, 2.75) is 25.8 Å². The first-order chi connectivity index (χ1) is 14.8.